The molecule has 1 aromatic heterocycles. The van der Waals surface area contributed by atoms with Crippen molar-refractivity contribution in [1.82, 2.24) is 19.7 Å². The van der Waals surface area contributed by atoms with Crippen LogP contribution in [0.15, 0.2) is 53.3 Å². The zero-order valence-corrected chi connectivity index (χ0v) is 25.9. The van der Waals surface area contributed by atoms with Gasteiger partial charge in [-0.25, -0.2) is 4.79 Å². The van der Waals surface area contributed by atoms with Crippen LogP contribution >= 0.6 is 0 Å². The summed E-state index contributed by atoms with van der Waals surface area (Å²) in [5.74, 6) is 1.64. The SMILES string of the molecule is CNC(=O)COc1cccc2c1ccc(=O)n2CCN1CCC(N(Cc2ccc3c(c2)OCCO3)C(=O)O)CC1C(C)(C)C. The molecule has 236 valence electrons. The summed E-state index contributed by atoms with van der Waals surface area (Å²) in [6, 6.07) is 14.3. The van der Waals surface area contributed by atoms with Crippen molar-refractivity contribution in [3.05, 3.63) is 64.4 Å². The molecule has 2 amide bonds. The number of carbonyl (C=O) groups excluding carboxylic acids is 1. The Morgan fingerprint density at radius 3 is 2.57 bits per heavy atom. The maximum Gasteiger partial charge on any atom is 0.407 e. The van der Waals surface area contributed by atoms with E-state index in [4.69, 9.17) is 14.2 Å². The molecule has 2 unspecified atom stereocenters. The van der Waals surface area contributed by atoms with Crippen LogP contribution in [0.5, 0.6) is 17.2 Å². The molecule has 2 atom stereocenters. The summed E-state index contributed by atoms with van der Waals surface area (Å²) in [5, 5.41) is 13.6. The third-order valence-electron chi connectivity index (χ3n) is 8.57. The first kappa shape index (κ1) is 31.2. The van der Waals surface area contributed by atoms with Crippen LogP contribution in [-0.2, 0) is 17.9 Å². The van der Waals surface area contributed by atoms with Gasteiger partial charge in [0.1, 0.15) is 19.0 Å². The first-order chi connectivity index (χ1) is 21.0. The van der Waals surface area contributed by atoms with Gasteiger partial charge in [0.2, 0.25) is 0 Å². The van der Waals surface area contributed by atoms with E-state index < -0.39 is 6.09 Å². The van der Waals surface area contributed by atoms with Crippen molar-refractivity contribution in [2.45, 2.75) is 58.8 Å². The minimum atomic E-state index is -0.942. The minimum Gasteiger partial charge on any atom is -0.486 e. The number of rotatable bonds is 9. The van der Waals surface area contributed by atoms with Gasteiger partial charge in [-0.3, -0.25) is 14.5 Å². The Kier molecular flexibility index (Phi) is 9.33. The van der Waals surface area contributed by atoms with Gasteiger partial charge in [-0.1, -0.05) is 32.9 Å². The van der Waals surface area contributed by atoms with Crippen LogP contribution in [0.3, 0.4) is 0 Å². The molecular formula is C33H42N4O7. The zero-order chi connectivity index (χ0) is 31.4. The van der Waals surface area contributed by atoms with E-state index in [0.717, 1.165) is 16.5 Å². The van der Waals surface area contributed by atoms with E-state index in [2.05, 4.69) is 31.0 Å². The fourth-order valence-corrected chi connectivity index (χ4v) is 6.28. The van der Waals surface area contributed by atoms with Crippen molar-refractivity contribution in [2.24, 2.45) is 5.41 Å². The highest BCUT2D eigenvalue weighted by Crippen LogP contribution is 2.36. The Hall–Kier alpha value is -4.25. The number of benzene rings is 2. The third-order valence-corrected chi connectivity index (χ3v) is 8.57. The summed E-state index contributed by atoms with van der Waals surface area (Å²) < 4.78 is 18.8. The van der Waals surface area contributed by atoms with E-state index in [1.54, 1.807) is 28.6 Å². The van der Waals surface area contributed by atoms with Crippen molar-refractivity contribution < 1.29 is 28.9 Å². The molecular weight excluding hydrogens is 564 g/mol. The van der Waals surface area contributed by atoms with Gasteiger partial charge >= 0.3 is 6.09 Å². The highest BCUT2D eigenvalue weighted by molar-refractivity contribution is 5.86. The van der Waals surface area contributed by atoms with E-state index in [-0.39, 0.29) is 42.1 Å². The number of amides is 2. The quantitative estimate of drug-likeness (QED) is 0.376. The molecule has 0 spiro atoms. The second-order valence-corrected chi connectivity index (χ2v) is 12.5. The van der Waals surface area contributed by atoms with Crippen LogP contribution in [0.25, 0.3) is 10.9 Å². The topological polar surface area (TPSA) is 123 Å². The number of carboxylic acid groups (broad SMARTS) is 1. The van der Waals surface area contributed by atoms with E-state index in [1.165, 1.54) is 6.07 Å². The number of likely N-dealkylation sites (N-methyl/N-ethyl adjacent to an activating group) is 1. The number of piperidine rings is 1. The number of ether oxygens (including phenoxy) is 3. The molecule has 2 N–H and O–H groups in total. The molecule has 0 aliphatic carbocycles. The molecule has 11 heteroatoms. The number of aromatic nitrogens is 1. The van der Waals surface area contributed by atoms with Gasteiger partial charge < -0.3 is 34.1 Å². The lowest BCUT2D eigenvalue weighted by Crippen LogP contribution is -2.55. The lowest BCUT2D eigenvalue weighted by molar-refractivity contribution is -0.122. The van der Waals surface area contributed by atoms with Crippen LogP contribution < -0.4 is 25.1 Å². The van der Waals surface area contributed by atoms with E-state index in [9.17, 15) is 19.5 Å². The van der Waals surface area contributed by atoms with Crippen molar-refractivity contribution in [1.29, 1.82) is 0 Å². The van der Waals surface area contributed by atoms with Crippen LogP contribution in [0.4, 0.5) is 4.79 Å². The highest BCUT2D eigenvalue weighted by atomic mass is 16.6. The molecule has 2 aromatic carbocycles. The maximum absolute atomic E-state index is 13.0. The third kappa shape index (κ3) is 6.93. The predicted molar refractivity (Wildman–Crippen MR) is 167 cm³/mol. The van der Waals surface area contributed by atoms with E-state index in [1.807, 2.05) is 30.3 Å². The van der Waals surface area contributed by atoms with Crippen molar-refractivity contribution in [2.75, 3.05) is 40.0 Å². The zero-order valence-electron chi connectivity index (χ0n) is 25.9. The Morgan fingerprint density at radius 1 is 1.07 bits per heavy atom. The van der Waals surface area contributed by atoms with Crippen LogP contribution in [0.1, 0.15) is 39.2 Å². The Balaban J connectivity index is 1.32. The van der Waals surface area contributed by atoms with Crippen LogP contribution in [0.2, 0.25) is 0 Å². The van der Waals surface area contributed by atoms with Gasteiger partial charge in [-0.15, -0.1) is 0 Å². The number of hydrogen-bond acceptors (Lipinski definition) is 7. The summed E-state index contributed by atoms with van der Waals surface area (Å²) in [6.45, 7) is 9.47. The number of hydrogen-bond donors (Lipinski definition) is 2. The van der Waals surface area contributed by atoms with Gasteiger partial charge in [0.25, 0.3) is 11.5 Å². The fraction of sp³-hybridized carbons (Fsp3) is 0.485. The van der Waals surface area contributed by atoms with Crippen molar-refractivity contribution in [3.63, 3.8) is 0 Å². The molecule has 44 heavy (non-hydrogen) atoms. The number of carbonyl (C=O) groups is 2. The predicted octanol–water partition coefficient (Wildman–Crippen LogP) is 3.96. The fourth-order valence-electron chi connectivity index (χ4n) is 6.28. The number of nitrogens with one attached hydrogen (secondary N) is 1. The number of nitrogens with zero attached hydrogens (tertiary/aromatic N) is 3. The molecule has 1 saturated heterocycles. The lowest BCUT2D eigenvalue weighted by atomic mass is 9.78. The van der Waals surface area contributed by atoms with Gasteiger partial charge in [0.05, 0.1) is 5.52 Å². The molecule has 3 heterocycles. The van der Waals surface area contributed by atoms with Gasteiger partial charge in [0, 0.05) is 56.8 Å². The minimum absolute atomic E-state index is 0.0977. The second-order valence-electron chi connectivity index (χ2n) is 12.5. The van der Waals surface area contributed by atoms with Gasteiger partial charge in [-0.2, -0.15) is 0 Å². The van der Waals surface area contributed by atoms with Crippen LogP contribution in [-0.4, -0.2) is 83.5 Å². The molecule has 3 aromatic rings. The lowest BCUT2D eigenvalue weighted by Gasteiger charge is -2.48. The van der Waals surface area contributed by atoms with E-state index in [0.29, 0.717) is 62.9 Å². The molecule has 2 aliphatic heterocycles. The molecule has 5 rings (SSSR count). The molecule has 0 radical (unpaired) electrons. The summed E-state index contributed by atoms with van der Waals surface area (Å²) >= 11 is 0. The standard InChI is InChI=1S/C33H42N4O7/c1-33(2,3)29-19-23(37(32(40)41)20-22-8-10-27-28(18-22)43-17-16-42-27)12-13-35(29)14-15-36-25-6-5-7-26(44-21-30(38)34-4)24(25)9-11-31(36)39/h5-11,18,23,29H,12-17,19-21H2,1-4H3,(H,34,38)(H,40,41). The monoisotopic (exact) mass is 606 g/mol. The Morgan fingerprint density at radius 2 is 1.84 bits per heavy atom. The number of fused-ring (bicyclic) bond motifs is 2. The molecule has 2 aliphatic rings. The van der Waals surface area contributed by atoms with Crippen molar-refractivity contribution >= 4 is 22.9 Å². The van der Waals surface area contributed by atoms with E-state index >= 15 is 0 Å². The number of pyridine rings is 1. The van der Waals surface area contributed by atoms with Gasteiger partial charge in [-0.05, 0) is 54.2 Å². The Bertz CT molecular complexity index is 1560. The summed E-state index contributed by atoms with van der Waals surface area (Å²) in [4.78, 5) is 41.2. The molecule has 1 fully saturated rings. The highest BCUT2D eigenvalue weighted by Gasteiger charge is 2.39. The molecule has 11 nitrogen and oxygen atoms in total. The number of likely N-dealkylation sites (tertiary alicyclic amines) is 1. The average Bonchev–Trinajstić information content (AvgIpc) is 3.01. The molecule has 0 bridgehead atoms. The maximum atomic E-state index is 13.0. The second kappa shape index (κ2) is 13.2. The summed E-state index contributed by atoms with van der Waals surface area (Å²) in [7, 11) is 1.56. The first-order valence-corrected chi connectivity index (χ1v) is 15.1. The summed E-state index contributed by atoms with van der Waals surface area (Å²) in [5.41, 5.74) is 1.37. The normalized spacial score (nSPS) is 18.5. The first-order valence-electron chi connectivity index (χ1n) is 15.1. The average molecular weight is 607 g/mol. The summed E-state index contributed by atoms with van der Waals surface area (Å²) in [6.07, 6.45) is 0.427. The van der Waals surface area contributed by atoms with Crippen molar-refractivity contribution in [3.8, 4) is 17.2 Å². The largest absolute Gasteiger partial charge is 0.486 e. The van der Waals surface area contributed by atoms with Gasteiger partial charge in [0.15, 0.2) is 18.1 Å². The molecule has 0 saturated carbocycles. The Labute approximate surface area is 257 Å². The smallest absolute Gasteiger partial charge is 0.407 e. The van der Waals surface area contributed by atoms with Crippen LogP contribution in [0, 0.1) is 5.41 Å².